The van der Waals surface area contributed by atoms with E-state index in [0.29, 0.717) is 18.1 Å². The first-order valence-electron chi connectivity index (χ1n) is 10.5. The first kappa shape index (κ1) is 20.6. The first-order valence-corrected chi connectivity index (χ1v) is 12.5. The van der Waals surface area contributed by atoms with Gasteiger partial charge in [-0.25, -0.2) is 4.98 Å². The zero-order valence-electron chi connectivity index (χ0n) is 18.2. The summed E-state index contributed by atoms with van der Waals surface area (Å²) < 4.78 is 2.21. The normalized spacial score (nSPS) is 20.5. The van der Waals surface area contributed by atoms with Gasteiger partial charge < -0.3 is 9.55 Å². The number of aromatic amines is 1. The van der Waals surface area contributed by atoms with Crippen molar-refractivity contribution in [3.8, 4) is 11.1 Å². The summed E-state index contributed by atoms with van der Waals surface area (Å²) in [6, 6.07) is 6.78. The van der Waals surface area contributed by atoms with Gasteiger partial charge in [-0.05, 0) is 58.5 Å². The standard InChI is InChI=1S/C23H25N5OS2/c1-13-7-8-14(2)28(13)21-15(11-24)19-18(31-21)6-5-9-23(19)10-17-16(12-27(23)3)20(29)26-22(25-17)30-4/h7-8H,5-6,9-10,12H2,1-4H3,(H,25,26,29). The van der Waals surface area contributed by atoms with E-state index in [0.717, 1.165) is 58.0 Å². The third kappa shape index (κ3) is 2.94. The number of aromatic nitrogens is 3. The monoisotopic (exact) mass is 451 g/mol. The van der Waals surface area contributed by atoms with E-state index in [-0.39, 0.29) is 11.1 Å². The largest absolute Gasteiger partial charge is 0.309 e. The van der Waals surface area contributed by atoms with E-state index >= 15 is 0 Å². The predicted molar refractivity (Wildman–Crippen MR) is 124 cm³/mol. The molecular weight excluding hydrogens is 426 g/mol. The lowest BCUT2D eigenvalue weighted by molar-refractivity contribution is 0.0724. The maximum atomic E-state index is 12.7. The molecule has 0 radical (unpaired) electrons. The number of nitrogens with zero attached hydrogens (tertiary/aromatic N) is 4. The molecule has 1 aliphatic carbocycles. The van der Waals surface area contributed by atoms with Gasteiger partial charge in [-0.1, -0.05) is 11.8 Å². The highest BCUT2D eigenvalue weighted by molar-refractivity contribution is 7.98. The van der Waals surface area contributed by atoms with Gasteiger partial charge in [-0.2, -0.15) is 5.26 Å². The Balaban J connectivity index is 1.73. The lowest BCUT2D eigenvalue weighted by Gasteiger charge is -2.48. The van der Waals surface area contributed by atoms with Crippen LogP contribution < -0.4 is 5.56 Å². The van der Waals surface area contributed by atoms with Crippen LogP contribution in [0.4, 0.5) is 0 Å². The molecule has 6 nitrogen and oxygen atoms in total. The van der Waals surface area contributed by atoms with Crippen LogP contribution in [0.3, 0.4) is 0 Å². The molecule has 3 aromatic rings. The number of thioether (sulfide) groups is 1. The van der Waals surface area contributed by atoms with Gasteiger partial charge >= 0.3 is 0 Å². The molecule has 8 heteroatoms. The van der Waals surface area contributed by atoms with Gasteiger partial charge in [0.25, 0.3) is 5.56 Å². The second-order valence-electron chi connectivity index (χ2n) is 8.56. The molecule has 1 spiro atoms. The molecule has 1 atom stereocenters. The lowest BCUT2D eigenvalue weighted by Crippen LogP contribution is -2.52. The number of rotatable bonds is 2. The van der Waals surface area contributed by atoms with Gasteiger partial charge in [0.15, 0.2) is 5.16 Å². The molecule has 5 rings (SSSR count). The maximum Gasteiger partial charge on any atom is 0.256 e. The van der Waals surface area contributed by atoms with Gasteiger partial charge in [0.1, 0.15) is 11.1 Å². The van der Waals surface area contributed by atoms with Crippen molar-refractivity contribution >= 4 is 23.1 Å². The van der Waals surface area contributed by atoms with Gasteiger partial charge in [0.2, 0.25) is 0 Å². The van der Waals surface area contributed by atoms with Crippen LogP contribution >= 0.6 is 23.1 Å². The lowest BCUT2D eigenvalue weighted by atomic mass is 9.72. The fourth-order valence-electron chi connectivity index (χ4n) is 5.34. The van der Waals surface area contributed by atoms with Crippen molar-refractivity contribution in [3.63, 3.8) is 0 Å². The Morgan fingerprint density at radius 3 is 2.74 bits per heavy atom. The summed E-state index contributed by atoms with van der Waals surface area (Å²) in [6.45, 7) is 4.72. The topological polar surface area (TPSA) is 77.7 Å². The van der Waals surface area contributed by atoms with Crippen LogP contribution in [0.2, 0.25) is 0 Å². The zero-order valence-corrected chi connectivity index (χ0v) is 19.8. The van der Waals surface area contributed by atoms with Gasteiger partial charge in [-0.3, -0.25) is 9.69 Å². The number of likely N-dealkylation sites (N-methyl/N-ethyl adjacent to an activating group) is 1. The molecule has 0 amide bonds. The highest BCUT2D eigenvalue weighted by atomic mass is 32.2. The molecule has 0 fully saturated rings. The van der Waals surface area contributed by atoms with Crippen molar-refractivity contribution in [3.05, 3.63) is 61.1 Å². The predicted octanol–water partition coefficient (Wildman–Crippen LogP) is 4.05. The average Bonchev–Trinajstić information content (AvgIpc) is 3.28. The van der Waals surface area contributed by atoms with E-state index in [1.54, 1.807) is 11.3 Å². The van der Waals surface area contributed by atoms with Crippen molar-refractivity contribution in [1.29, 1.82) is 5.26 Å². The van der Waals surface area contributed by atoms with E-state index in [4.69, 9.17) is 4.98 Å². The summed E-state index contributed by atoms with van der Waals surface area (Å²) in [5.41, 5.74) is 5.52. The molecule has 1 unspecified atom stereocenters. The minimum absolute atomic E-state index is 0.0443. The smallest absolute Gasteiger partial charge is 0.256 e. The highest BCUT2D eigenvalue weighted by Crippen LogP contribution is 2.50. The fraction of sp³-hybridized carbons (Fsp3) is 0.435. The Kier molecular flexibility index (Phi) is 4.88. The minimum atomic E-state index is -0.300. The molecule has 2 aliphatic rings. The Hall–Kier alpha value is -2.34. The van der Waals surface area contributed by atoms with Gasteiger partial charge in [-0.15, -0.1) is 11.3 Å². The molecule has 160 valence electrons. The summed E-state index contributed by atoms with van der Waals surface area (Å²) in [5, 5.41) is 12.0. The van der Waals surface area contributed by atoms with E-state index in [9.17, 15) is 10.1 Å². The Labute approximate surface area is 189 Å². The van der Waals surface area contributed by atoms with Crippen LogP contribution in [0.5, 0.6) is 0 Å². The summed E-state index contributed by atoms with van der Waals surface area (Å²) in [5.74, 6) is 0. The number of fused-ring (bicyclic) bond motifs is 3. The van der Waals surface area contributed by atoms with Crippen LogP contribution in [-0.4, -0.2) is 32.7 Å². The third-order valence-electron chi connectivity index (χ3n) is 6.87. The minimum Gasteiger partial charge on any atom is -0.309 e. The number of nitrogens with one attached hydrogen (secondary N) is 1. The number of aryl methyl sites for hydroxylation is 3. The second-order valence-corrected chi connectivity index (χ2v) is 10.4. The quantitative estimate of drug-likeness (QED) is 0.470. The molecular formula is C23H25N5OS2. The van der Waals surface area contributed by atoms with Crippen LogP contribution in [0.1, 0.15) is 51.5 Å². The molecule has 1 N–H and O–H groups in total. The Bertz CT molecular complexity index is 1280. The van der Waals surface area contributed by atoms with Crippen LogP contribution in [-0.2, 0) is 24.9 Å². The van der Waals surface area contributed by atoms with Crippen molar-refractivity contribution < 1.29 is 0 Å². The van der Waals surface area contributed by atoms with Crippen LogP contribution in [0, 0.1) is 25.2 Å². The van der Waals surface area contributed by atoms with Crippen molar-refractivity contribution in [2.45, 2.75) is 56.8 Å². The SMILES string of the molecule is CSc1nc2c(c(=O)[nH]1)CN(C)C1(CCCc3sc(-n4c(C)ccc4C)c(C#N)c31)C2. The molecule has 3 aromatic heterocycles. The fourth-order valence-corrected chi connectivity index (χ4v) is 7.24. The summed E-state index contributed by atoms with van der Waals surface area (Å²) in [6.07, 6.45) is 5.62. The molecule has 0 bridgehead atoms. The average molecular weight is 452 g/mol. The number of hydrogen-bond donors (Lipinski definition) is 1. The van der Waals surface area contributed by atoms with E-state index < -0.39 is 0 Å². The molecule has 4 heterocycles. The van der Waals surface area contributed by atoms with Crippen LogP contribution in [0.15, 0.2) is 22.1 Å². The summed E-state index contributed by atoms with van der Waals surface area (Å²) in [7, 11) is 2.09. The van der Waals surface area contributed by atoms with Crippen molar-refractivity contribution in [2.75, 3.05) is 13.3 Å². The number of thiophene rings is 1. The highest BCUT2D eigenvalue weighted by Gasteiger charge is 2.47. The molecule has 31 heavy (non-hydrogen) atoms. The van der Waals surface area contributed by atoms with Crippen molar-refractivity contribution in [1.82, 2.24) is 19.4 Å². The zero-order chi connectivity index (χ0) is 21.9. The maximum absolute atomic E-state index is 12.7. The Morgan fingerprint density at radius 2 is 2.06 bits per heavy atom. The number of hydrogen-bond acceptors (Lipinski definition) is 6. The summed E-state index contributed by atoms with van der Waals surface area (Å²) in [4.78, 5) is 23.9. The van der Waals surface area contributed by atoms with Gasteiger partial charge in [0, 0.05) is 34.8 Å². The number of nitriles is 1. The third-order valence-corrected chi connectivity index (χ3v) is 8.68. The first-order chi connectivity index (χ1) is 14.9. The summed E-state index contributed by atoms with van der Waals surface area (Å²) >= 11 is 3.21. The van der Waals surface area contributed by atoms with Crippen molar-refractivity contribution in [2.24, 2.45) is 0 Å². The van der Waals surface area contributed by atoms with E-state index in [2.05, 4.69) is 53.5 Å². The van der Waals surface area contributed by atoms with E-state index in [1.807, 2.05) is 6.26 Å². The number of H-pyrrole nitrogens is 1. The Morgan fingerprint density at radius 1 is 1.32 bits per heavy atom. The van der Waals surface area contributed by atoms with Crippen LogP contribution in [0.25, 0.3) is 5.00 Å². The molecule has 0 saturated carbocycles. The van der Waals surface area contributed by atoms with E-state index in [1.165, 1.54) is 16.6 Å². The molecule has 1 aliphatic heterocycles. The molecule has 0 aromatic carbocycles. The second kappa shape index (κ2) is 7.37. The molecule has 0 saturated heterocycles. The van der Waals surface area contributed by atoms with Gasteiger partial charge in [0.05, 0.1) is 22.4 Å².